The standard InChI is InChI=1S/C18H25F3N4O2/c19-18(20,21)14-10-22-9-13(14)17(26)25-6-4-11(5-7-25)8-15-23-16(24-27-15)12-2-1-3-12/h11-14,22H,1-10H2/t13-,14-/m1/s1. The SMILES string of the molecule is O=C([C@@H]1CNC[C@H]1C(F)(F)F)N1CCC(Cc2nc(C3CCC3)no2)CC1. The topological polar surface area (TPSA) is 71.3 Å². The fourth-order valence-electron chi connectivity index (χ4n) is 4.30. The van der Waals surface area contributed by atoms with Gasteiger partial charge in [0.05, 0.1) is 11.8 Å². The Kier molecular flexibility index (Phi) is 5.13. The van der Waals surface area contributed by atoms with E-state index in [1.807, 2.05) is 0 Å². The molecule has 3 fully saturated rings. The van der Waals surface area contributed by atoms with Gasteiger partial charge in [0.1, 0.15) is 0 Å². The van der Waals surface area contributed by atoms with Crippen molar-refractivity contribution in [2.45, 2.75) is 50.6 Å². The van der Waals surface area contributed by atoms with Gasteiger partial charge in [-0.25, -0.2) is 0 Å². The molecule has 0 unspecified atom stereocenters. The minimum atomic E-state index is -4.34. The third kappa shape index (κ3) is 3.97. The van der Waals surface area contributed by atoms with Crippen LogP contribution in [-0.4, -0.2) is 53.3 Å². The zero-order valence-electron chi connectivity index (χ0n) is 15.2. The average Bonchev–Trinajstić information content (AvgIpc) is 3.23. The minimum absolute atomic E-state index is 0.106. The van der Waals surface area contributed by atoms with Gasteiger partial charge in [-0.2, -0.15) is 18.2 Å². The maximum Gasteiger partial charge on any atom is 0.393 e. The number of carbonyl (C=O) groups is 1. The smallest absolute Gasteiger partial charge is 0.342 e. The molecular weight excluding hydrogens is 361 g/mol. The van der Waals surface area contributed by atoms with Crippen LogP contribution in [0.5, 0.6) is 0 Å². The largest absolute Gasteiger partial charge is 0.393 e. The fraction of sp³-hybridized carbons (Fsp3) is 0.833. The lowest BCUT2D eigenvalue weighted by Gasteiger charge is -2.34. The summed E-state index contributed by atoms with van der Waals surface area (Å²) in [6, 6.07) is 0. The van der Waals surface area contributed by atoms with Crippen LogP contribution in [0, 0.1) is 17.8 Å². The second-order valence-electron chi connectivity index (χ2n) is 8.06. The van der Waals surface area contributed by atoms with Crippen molar-refractivity contribution in [1.29, 1.82) is 0 Å². The lowest BCUT2D eigenvalue weighted by atomic mass is 9.85. The van der Waals surface area contributed by atoms with Crippen LogP contribution in [0.15, 0.2) is 4.52 Å². The van der Waals surface area contributed by atoms with Crippen molar-refractivity contribution in [3.05, 3.63) is 11.7 Å². The summed E-state index contributed by atoms with van der Waals surface area (Å²) < 4.78 is 44.6. The molecule has 0 radical (unpaired) electrons. The lowest BCUT2D eigenvalue weighted by molar-refractivity contribution is -0.185. The molecule has 2 saturated heterocycles. The summed E-state index contributed by atoms with van der Waals surface area (Å²) in [7, 11) is 0. The molecule has 1 aromatic heterocycles. The molecule has 0 bridgehead atoms. The first-order chi connectivity index (χ1) is 12.9. The van der Waals surface area contributed by atoms with E-state index in [1.165, 1.54) is 6.42 Å². The van der Waals surface area contributed by atoms with Gasteiger partial charge in [0.2, 0.25) is 11.8 Å². The highest BCUT2D eigenvalue weighted by Gasteiger charge is 2.50. The molecule has 3 heterocycles. The number of alkyl halides is 3. The van der Waals surface area contributed by atoms with E-state index in [9.17, 15) is 18.0 Å². The van der Waals surface area contributed by atoms with E-state index >= 15 is 0 Å². The molecule has 1 saturated carbocycles. The van der Waals surface area contributed by atoms with E-state index < -0.39 is 18.0 Å². The number of likely N-dealkylation sites (tertiary alicyclic amines) is 1. The van der Waals surface area contributed by atoms with Crippen molar-refractivity contribution in [1.82, 2.24) is 20.4 Å². The van der Waals surface area contributed by atoms with Gasteiger partial charge >= 0.3 is 6.18 Å². The summed E-state index contributed by atoms with van der Waals surface area (Å²) in [6.45, 7) is 0.925. The van der Waals surface area contributed by atoms with Crippen molar-refractivity contribution >= 4 is 5.91 Å². The average molecular weight is 386 g/mol. The van der Waals surface area contributed by atoms with E-state index in [2.05, 4.69) is 15.5 Å². The lowest BCUT2D eigenvalue weighted by Crippen LogP contribution is -2.46. The van der Waals surface area contributed by atoms with Gasteiger partial charge in [-0.05, 0) is 31.6 Å². The number of halogens is 3. The van der Waals surface area contributed by atoms with Gasteiger partial charge in [-0.15, -0.1) is 0 Å². The van der Waals surface area contributed by atoms with E-state index in [0.29, 0.717) is 37.2 Å². The quantitative estimate of drug-likeness (QED) is 0.861. The molecular formula is C18H25F3N4O2. The first-order valence-electron chi connectivity index (χ1n) is 9.80. The summed E-state index contributed by atoms with van der Waals surface area (Å²) in [4.78, 5) is 18.7. The van der Waals surface area contributed by atoms with Crippen molar-refractivity contribution < 1.29 is 22.5 Å². The highest BCUT2D eigenvalue weighted by Crippen LogP contribution is 2.36. The van der Waals surface area contributed by atoms with Gasteiger partial charge in [0.25, 0.3) is 0 Å². The van der Waals surface area contributed by atoms with Gasteiger partial charge in [0.15, 0.2) is 5.82 Å². The Bertz CT molecular complexity index is 666. The molecule has 1 N–H and O–H groups in total. The van der Waals surface area contributed by atoms with E-state index in [4.69, 9.17) is 4.52 Å². The predicted octanol–water partition coefficient (Wildman–Crippen LogP) is 2.52. The van der Waals surface area contributed by atoms with E-state index in [-0.39, 0.29) is 19.0 Å². The highest BCUT2D eigenvalue weighted by molar-refractivity contribution is 5.80. The summed E-state index contributed by atoms with van der Waals surface area (Å²) in [5, 5.41) is 6.78. The number of hydrogen-bond acceptors (Lipinski definition) is 5. The third-order valence-corrected chi connectivity index (χ3v) is 6.30. The second kappa shape index (κ2) is 7.41. The van der Waals surface area contributed by atoms with E-state index in [0.717, 1.165) is 31.5 Å². The van der Waals surface area contributed by atoms with Crippen LogP contribution in [0.3, 0.4) is 0 Å². The van der Waals surface area contributed by atoms with Crippen LogP contribution in [0.25, 0.3) is 0 Å². The predicted molar refractivity (Wildman–Crippen MR) is 89.8 cm³/mol. The first kappa shape index (κ1) is 18.7. The van der Waals surface area contributed by atoms with Crippen LogP contribution < -0.4 is 5.32 Å². The Labute approximate surface area is 155 Å². The summed E-state index contributed by atoms with van der Waals surface area (Å²) in [5.41, 5.74) is 0. The maximum atomic E-state index is 13.1. The summed E-state index contributed by atoms with van der Waals surface area (Å²) in [5.74, 6) is -0.749. The molecule has 4 rings (SSSR count). The Morgan fingerprint density at radius 1 is 1.19 bits per heavy atom. The number of carbonyl (C=O) groups excluding carboxylic acids is 1. The molecule has 3 aliphatic rings. The number of nitrogens with one attached hydrogen (secondary N) is 1. The van der Waals surface area contributed by atoms with Crippen molar-refractivity contribution in [2.24, 2.45) is 17.8 Å². The molecule has 1 aromatic rings. The molecule has 6 nitrogen and oxygen atoms in total. The number of amides is 1. The fourth-order valence-corrected chi connectivity index (χ4v) is 4.30. The number of hydrogen-bond donors (Lipinski definition) is 1. The second-order valence-corrected chi connectivity index (χ2v) is 8.06. The molecule has 1 amide bonds. The van der Waals surface area contributed by atoms with Gasteiger partial charge in [0, 0.05) is 38.5 Å². The van der Waals surface area contributed by atoms with Crippen LogP contribution in [0.4, 0.5) is 13.2 Å². The Hall–Kier alpha value is -1.64. The number of piperidine rings is 1. The van der Waals surface area contributed by atoms with Crippen molar-refractivity contribution in [2.75, 3.05) is 26.2 Å². The van der Waals surface area contributed by atoms with Crippen LogP contribution in [0.2, 0.25) is 0 Å². The Balaban J connectivity index is 1.28. The molecule has 0 aromatic carbocycles. The zero-order chi connectivity index (χ0) is 19.0. The molecule has 2 atom stereocenters. The molecule has 150 valence electrons. The molecule has 9 heteroatoms. The summed E-state index contributed by atoms with van der Waals surface area (Å²) in [6.07, 6.45) is 1.30. The summed E-state index contributed by atoms with van der Waals surface area (Å²) >= 11 is 0. The normalized spacial score (nSPS) is 27.7. The van der Waals surface area contributed by atoms with Crippen LogP contribution in [-0.2, 0) is 11.2 Å². The number of rotatable bonds is 4. The molecule has 1 aliphatic carbocycles. The Morgan fingerprint density at radius 2 is 1.93 bits per heavy atom. The van der Waals surface area contributed by atoms with Crippen molar-refractivity contribution in [3.63, 3.8) is 0 Å². The number of nitrogens with zero attached hydrogens (tertiary/aromatic N) is 3. The van der Waals surface area contributed by atoms with E-state index in [1.54, 1.807) is 4.90 Å². The minimum Gasteiger partial charge on any atom is -0.342 e. The monoisotopic (exact) mass is 386 g/mol. The maximum absolute atomic E-state index is 13.1. The van der Waals surface area contributed by atoms with Crippen LogP contribution in [0.1, 0.15) is 49.7 Å². The third-order valence-electron chi connectivity index (χ3n) is 6.30. The Morgan fingerprint density at radius 3 is 2.56 bits per heavy atom. The van der Waals surface area contributed by atoms with Gasteiger partial charge < -0.3 is 14.7 Å². The zero-order valence-corrected chi connectivity index (χ0v) is 15.2. The van der Waals surface area contributed by atoms with Gasteiger partial charge in [-0.3, -0.25) is 4.79 Å². The van der Waals surface area contributed by atoms with Crippen LogP contribution >= 0.6 is 0 Å². The molecule has 0 spiro atoms. The van der Waals surface area contributed by atoms with Gasteiger partial charge in [-0.1, -0.05) is 11.6 Å². The molecule has 27 heavy (non-hydrogen) atoms. The first-order valence-corrected chi connectivity index (χ1v) is 9.80. The molecule has 2 aliphatic heterocycles. The van der Waals surface area contributed by atoms with Crippen molar-refractivity contribution in [3.8, 4) is 0 Å². The number of aromatic nitrogens is 2. The highest BCUT2D eigenvalue weighted by atomic mass is 19.4.